The molecule has 0 aliphatic carbocycles. The van der Waals surface area contributed by atoms with Crippen LogP contribution in [0.15, 0.2) is 48.1 Å². The Balaban J connectivity index is 4.79. The quantitative estimate of drug-likeness (QED) is 0.483. The Morgan fingerprint density at radius 1 is 1.38 bits per heavy atom. The zero-order valence-electron chi connectivity index (χ0n) is 7.49. The molecule has 64 valence electrons. The van der Waals surface area contributed by atoms with Crippen molar-refractivity contribution in [2.45, 2.75) is 6.92 Å². The maximum absolute atomic E-state index is 8.50. The molecule has 2 nitrogen and oxygen atoms in total. The summed E-state index contributed by atoms with van der Waals surface area (Å²) in [5, 5.41) is 16.9. The van der Waals surface area contributed by atoms with E-state index in [1.54, 1.807) is 31.2 Å². The summed E-state index contributed by atoms with van der Waals surface area (Å²) < 4.78 is 0. The summed E-state index contributed by atoms with van der Waals surface area (Å²) in [7, 11) is 0. The number of hydrogen-bond donors (Lipinski definition) is 0. The lowest BCUT2D eigenvalue weighted by atomic mass is 10.1. The van der Waals surface area contributed by atoms with Crippen LogP contribution in [0.1, 0.15) is 6.92 Å². The lowest BCUT2D eigenvalue weighted by Gasteiger charge is -1.89. The summed E-state index contributed by atoms with van der Waals surface area (Å²) in [4.78, 5) is 0. The summed E-state index contributed by atoms with van der Waals surface area (Å²) in [6.45, 7) is 5.20. The lowest BCUT2D eigenvalue weighted by molar-refractivity contribution is 1.43. The molecule has 0 unspecified atom stereocenters. The monoisotopic (exact) mass is 170 g/mol. The third-order valence-corrected chi connectivity index (χ3v) is 1.22. The van der Waals surface area contributed by atoms with Crippen LogP contribution < -0.4 is 0 Å². The van der Waals surface area contributed by atoms with Crippen LogP contribution in [0.25, 0.3) is 0 Å². The fourth-order valence-electron chi connectivity index (χ4n) is 0.674. The van der Waals surface area contributed by atoms with E-state index < -0.39 is 0 Å². The predicted octanol–water partition coefficient (Wildman–Crippen LogP) is 2.65. The highest BCUT2D eigenvalue weighted by Gasteiger charge is 1.88. The van der Waals surface area contributed by atoms with E-state index in [-0.39, 0.29) is 0 Å². The summed E-state index contributed by atoms with van der Waals surface area (Å²) >= 11 is 0. The van der Waals surface area contributed by atoms with Gasteiger partial charge in [-0.15, -0.1) is 0 Å². The maximum atomic E-state index is 8.50. The van der Waals surface area contributed by atoms with Crippen molar-refractivity contribution in [3.63, 3.8) is 0 Å². The molecule has 0 saturated carbocycles. The van der Waals surface area contributed by atoms with Crippen molar-refractivity contribution in [3.8, 4) is 12.1 Å². The fraction of sp³-hybridized carbons (Fsp3) is 0.0909. The van der Waals surface area contributed by atoms with Crippen LogP contribution in [-0.4, -0.2) is 0 Å². The maximum Gasteiger partial charge on any atom is 0.0944 e. The summed E-state index contributed by atoms with van der Waals surface area (Å²) in [6, 6.07) is 3.89. The van der Waals surface area contributed by atoms with Gasteiger partial charge in [0, 0.05) is 11.6 Å². The average molecular weight is 170 g/mol. The molecule has 0 amide bonds. The molecule has 0 aliphatic rings. The Bertz CT molecular complexity index is 343. The van der Waals surface area contributed by atoms with Crippen molar-refractivity contribution in [2.75, 3.05) is 0 Å². The molecule has 0 spiro atoms. The highest BCUT2D eigenvalue weighted by atomic mass is 14.2. The second-order valence-corrected chi connectivity index (χ2v) is 2.31. The van der Waals surface area contributed by atoms with Crippen LogP contribution in [0.2, 0.25) is 0 Å². The van der Waals surface area contributed by atoms with E-state index in [4.69, 9.17) is 10.5 Å². The number of allylic oxidation sites excluding steroid dienone is 7. The van der Waals surface area contributed by atoms with E-state index >= 15 is 0 Å². The van der Waals surface area contributed by atoms with Gasteiger partial charge in [-0.3, -0.25) is 0 Å². The molecule has 0 heterocycles. The Morgan fingerprint density at radius 2 is 2.08 bits per heavy atom. The van der Waals surface area contributed by atoms with Gasteiger partial charge in [0.2, 0.25) is 0 Å². The van der Waals surface area contributed by atoms with Crippen LogP contribution >= 0.6 is 0 Å². The SMILES string of the molecule is C=CC=CC(C=C(C)C#N)=CC#N. The topological polar surface area (TPSA) is 47.6 Å². The molecular formula is C11H10N2. The minimum absolute atomic E-state index is 0.565. The van der Waals surface area contributed by atoms with E-state index in [2.05, 4.69) is 6.58 Å². The van der Waals surface area contributed by atoms with Crippen LogP contribution in [0, 0.1) is 22.7 Å². The van der Waals surface area contributed by atoms with Gasteiger partial charge in [0.15, 0.2) is 0 Å². The van der Waals surface area contributed by atoms with Crippen molar-refractivity contribution >= 4 is 0 Å². The van der Waals surface area contributed by atoms with E-state index in [0.29, 0.717) is 11.1 Å². The molecular weight excluding hydrogens is 160 g/mol. The Kier molecular flexibility index (Phi) is 5.59. The molecule has 0 aromatic rings. The summed E-state index contributed by atoms with van der Waals surface area (Å²) in [5.41, 5.74) is 1.26. The van der Waals surface area contributed by atoms with Crippen molar-refractivity contribution in [1.82, 2.24) is 0 Å². The average Bonchev–Trinajstić information content (AvgIpc) is 2.14. The van der Waals surface area contributed by atoms with Gasteiger partial charge in [-0.25, -0.2) is 0 Å². The minimum atomic E-state index is 0.565. The molecule has 0 atom stereocenters. The smallest absolute Gasteiger partial charge is 0.0944 e. The second-order valence-electron chi connectivity index (χ2n) is 2.31. The zero-order valence-corrected chi connectivity index (χ0v) is 7.49. The molecule has 0 rings (SSSR count). The molecule has 0 aromatic heterocycles. The minimum Gasteiger partial charge on any atom is -0.193 e. The highest BCUT2D eigenvalue weighted by molar-refractivity contribution is 5.40. The number of nitrogens with zero attached hydrogens (tertiary/aromatic N) is 2. The van der Waals surface area contributed by atoms with Gasteiger partial charge in [0.1, 0.15) is 0 Å². The lowest BCUT2D eigenvalue weighted by Crippen LogP contribution is -1.74. The molecule has 0 aliphatic heterocycles. The molecule has 0 fully saturated rings. The van der Waals surface area contributed by atoms with Gasteiger partial charge in [-0.2, -0.15) is 10.5 Å². The van der Waals surface area contributed by atoms with Gasteiger partial charge < -0.3 is 0 Å². The standard InChI is InChI=1S/C11H10N2/c1-3-4-5-11(6-7-12)8-10(2)9-13/h3-6,8H,1H2,2H3. The van der Waals surface area contributed by atoms with Crippen LogP contribution in [0.5, 0.6) is 0 Å². The molecule has 13 heavy (non-hydrogen) atoms. The Labute approximate surface area is 78.4 Å². The largest absolute Gasteiger partial charge is 0.193 e. The van der Waals surface area contributed by atoms with Gasteiger partial charge >= 0.3 is 0 Å². The first-order valence-electron chi connectivity index (χ1n) is 3.72. The molecule has 0 aromatic carbocycles. The van der Waals surface area contributed by atoms with Crippen molar-refractivity contribution < 1.29 is 0 Å². The molecule has 0 bridgehead atoms. The van der Waals surface area contributed by atoms with E-state index in [0.717, 1.165) is 0 Å². The zero-order chi connectivity index (χ0) is 10.1. The predicted molar refractivity (Wildman–Crippen MR) is 52.4 cm³/mol. The van der Waals surface area contributed by atoms with Crippen LogP contribution in [0.3, 0.4) is 0 Å². The van der Waals surface area contributed by atoms with Crippen LogP contribution in [-0.2, 0) is 0 Å². The van der Waals surface area contributed by atoms with Gasteiger partial charge in [0.05, 0.1) is 12.1 Å². The highest BCUT2D eigenvalue weighted by Crippen LogP contribution is 2.03. The van der Waals surface area contributed by atoms with Crippen molar-refractivity contribution in [3.05, 3.63) is 48.1 Å². The molecule has 0 N–H and O–H groups in total. The van der Waals surface area contributed by atoms with E-state index in [1.165, 1.54) is 6.08 Å². The molecule has 0 saturated heterocycles. The third kappa shape index (κ3) is 5.24. The Hall–Kier alpha value is -2.06. The van der Waals surface area contributed by atoms with Gasteiger partial charge in [-0.1, -0.05) is 24.8 Å². The Morgan fingerprint density at radius 3 is 2.54 bits per heavy atom. The second kappa shape index (κ2) is 6.64. The van der Waals surface area contributed by atoms with Crippen molar-refractivity contribution in [1.29, 1.82) is 10.5 Å². The molecule has 2 heteroatoms. The van der Waals surface area contributed by atoms with Crippen LogP contribution in [0.4, 0.5) is 0 Å². The normalized spacial score (nSPS) is 12.2. The number of nitriles is 2. The van der Waals surface area contributed by atoms with Gasteiger partial charge in [-0.05, 0) is 18.6 Å². The molecule has 0 radical (unpaired) electrons. The summed E-state index contributed by atoms with van der Waals surface area (Å²) in [6.07, 6.45) is 8.06. The van der Waals surface area contributed by atoms with Gasteiger partial charge in [0.25, 0.3) is 0 Å². The number of rotatable bonds is 3. The van der Waals surface area contributed by atoms with E-state index in [9.17, 15) is 0 Å². The van der Waals surface area contributed by atoms with Crippen molar-refractivity contribution in [2.24, 2.45) is 0 Å². The third-order valence-electron chi connectivity index (χ3n) is 1.22. The van der Waals surface area contributed by atoms with E-state index in [1.807, 2.05) is 12.1 Å². The first-order chi connectivity index (χ1) is 6.24. The first kappa shape index (κ1) is 10.9. The number of hydrogen-bond acceptors (Lipinski definition) is 2. The first-order valence-corrected chi connectivity index (χ1v) is 3.72. The summed E-state index contributed by atoms with van der Waals surface area (Å²) in [5.74, 6) is 0. The fourth-order valence-corrected chi connectivity index (χ4v) is 0.674.